The summed E-state index contributed by atoms with van der Waals surface area (Å²) < 4.78 is 33.4. The standard InChI is InChI=1S/C13H15N.C7H8O3S.C5H5.Fe/c1-4-10-14(11-5-1)12-6-9-13-7-2-3-8-13;1-6-2-4-7(5-3-6)11(8,9)10;1-2-4-5-3-1;/h1-5,7-8,10-11H,6,9,12H2;2-5H,1H3,(H,8,9,10);1-5H;/q;;-1;+2/p-1. The largest absolute Gasteiger partial charge is 2.00 e. The number of hydrogen-bond donors (Lipinski definition) is 0. The van der Waals surface area contributed by atoms with Crippen molar-refractivity contribution in [1.29, 1.82) is 0 Å². The van der Waals surface area contributed by atoms with Gasteiger partial charge in [-0.15, -0.1) is 0 Å². The molecule has 0 aliphatic rings. The van der Waals surface area contributed by atoms with Crippen molar-refractivity contribution >= 4 is 10.1 Å². The van der Waals surface area contributed by atoms with Gasteiger partial charge >= 0.3 is 17.1 Å². The van der Waals surface area contributed by atoms with Crippen molar-refractivity contribution < 1.29 is 34.6 Å². The summed E-state index contributed by atoms with van der Waals surface area (Å²) in [6, 6.07) is 30.6. The third-order valence-electron chi connectivity index (χ3n) is 4.26. The Morgan fingerprint density at radius 1 is 0.871 bits per heavy atom. The number of aryl methyl sites for hydroxylation is 3. The quantitative estimate of drug-likeness (QED) is 0.182. The van der Waals surface area contributed by atoms with E-state index in [0.29, 0.717) is 0 Å². The van der Waals surface area contributed by atoms with Gasteiger partial charge in [-0.3, -0.25) is 0 Å². The molecule has 0 atom stereocenters. The van der Waals surface area contributed by atoms with E-state index in [2.05, 4.69) is 53.4 Å². The van der Waals surface area contributed by atoms with Crippen LogP contribution in [0.25, 0.3) is 0 Å². The van der Waals surface area contributed by atoms with Gasteiger partial charge in [-0.25, -0.2) is 37.3 Å². The fourth-order valence-corrected chi connectivity index (χ4v) is 3.12. The SMILES string of the molecule is Cc1ccc(S(=O)(=O)[O-])cc1.[Fe+2].c1cc[cH-]c1.c1cc[n+](CCCc2ccc[cH-]2)cc1. The minimum atomic E-state index is -4.27. The van der Waals surface area contributed by atoms with Gasteiger partial charge in [0.1, 0.15) is 16.7 Å². The van der Waals surface area contributed by atoms with Crippen molar-refractivity contribution in [1.82, 2.24) is 0 Å². The normalized spacial score (nSPS) is 10.0. The van der Waals surface area contributed by atoms with Crippen LogP contribution in [-0.4, -0.2) is 13.0 Å². The van der Waals surface area contributed by atoms with E-state index in [4.69, 9.17) is 0 Å². The maximum atomic E-state index is 10.4. The molecule has 0 amide bonds. The minimum Gasteiger partial charge on any atom is -0.744 e. The van der Waals surface area contributed by atoms with E-state index < -0.39 is 10.1 Å². The summed E-state index contributed by atoms with van der Waals surface area (Å²) in [5, 5.41) is 0. The van der Waals surface area contributed by atoms with Crippen LogP contribution >= 0.6 is 0 Å². The van der Waals surface area contributed by atoms with Gasteiger partial charge in [0.2, 0.25) is 0 Å². The van der Waals surface area contributed by atoms with Crippen molar-refractivity contribution in [2.45, 2.75) is 31.2 Å². The van der Waals surface area contributed by atoms with E-state index >= 15 is 0 Å². The van der Waals surface area contributed by atoms with Crippen LogP contribution in [0.15, 0.2) is 114 Å². The number of nitrogens with zero attached hydrogens (tertiary/aromatic N) is 1. The van der Waals surface area contributed by atoms with Gasteiger partial charge in [0, 0.05) is 18.6 Å². The zero-order valence-electron chi connectivity index (χ0n) is 17.4. The van der Waals surface area contributed by atoms with Crippen LogP contribution < -0.4 is 4.57 Å². The van der Waals surface area contributed by atoms with Crippen molar-refractivity contribution in [3.8, 4) is 0 Å². The average molecular weight is 477 g/mol. The van der Waals surface area contributed by atoms with E-state index in [1.807, 2.05) is 43.3 Å². The zero-order chi connectivity index (χ0) is 21.7. The topological polar surface area (TPSA) is 61.1 Å². The van der Waals surface area contributed by atoms with Crippen LogP contribution in [-0.2, 0) is 40.2 Å². The van der Waals surface area contributed by atoms with Crippen molar-refractivity contribution in [2.75, 3.05) is 0 Å². The Kier molecular flexibility index (Phi) is 12.4. The average Bonchev–Trinajstić information content (AvgIpc) is 3.46. The molecule has 4 aromatic rings. The predicted octanol–water partition coefficient (Wildman–Crippen LogP) is 4.63. The molecule has 0 bridgehead atoms. The van der Waals surface area contributed by atoms with Crippen LogP contribution in [0, 0.1) is 6.92 Å². The van der Waals surface area contributed by atoms with Gasteiger partial charge in [-0.2, -0.15) is 35.9 Å². The molecule has 0 fully saturated rings. The fraction of sp³-hybridized carbons (Fsp3) is 0.160. The van der Waals surface area contributed by atoms with E-state index in [-0.39, 0.29) is 22.0 Å². The molecular weight excluding hydrogens is 450 g/mol. The molecule has 0 aliphatic heterocycles. The molecule has 6 heteroatoms. The zero-order valence-corrected chi connectivity index (χ0v) is 19.4. The van der Waals surface area contributed by atoms with E-state index in [1.54, 1.807) is 12.1 Å². The van der Waals surface area contributed by atoms with Crippen molar-refractivity contribution in [2.24, 2.45) is 0 Å². The third kappa shape index (κ3) is 11.5. The number of benzene rings is 1. The van der Waals surface area contributed by atoms with Gasteiger partial charge in [0.05, 0.1) is 4.90 Å². The molecule has 0 radical (unpaired) electrons. The maximum Gasteiger partial charge on any atom is 2.00 e. The summed E-state index contributed by atoms with van der Waals surface area (Å²) in [5.74, 6) is 0. The summed E-state index contributed by atoms with van der Waals surface area (Å²) in [4.78, 5) is -0.178. The van der Waals surface area contributed by atoms with Crippen molar-refractivity contribution in [3.05, 3.63) is 121 Å². The predicted molar refractivity (Wildman–Crippen MR) is 118 cm³/mol. The Morgan fingerprint density at radius 3 is 2.00 bits per heavy atom. The first kappa shape index (κ1) is 26.5. The first-order valence-corrected chi connectivity index (χ1v) is 11.2. The number of rotatable bonds is 5. The number of hydrogen-bond acceptors (Lipinski definition) is 3. The summed E-state index contributed by atoms with van der Waals surface area (Å²) in [5.41, 5.74) is 2.37. The molecule has 0 aliphatic carbocycles. The Morgan fingerprint density at radius 2 is 1.52 bits per heavy atom. The van der Waals surface area contributed by atoms with Crippen LogP contribution in [0.3, 0.4) is 0 Å². The molecule has 1 heterocycles. The monoisotopic (exact) mass is 477 g/mol. The molecule has 0 N–H and O–H groups in total. The second-order valence-electron chi connectivity index (χ2n) is 6.74. The second-order valence-corrected chi connectivity index (χ2v) is 8.12. The molecule has 4 nitrogen and oxygen atoms in total. The first-order valence-electron chi connectivity index (χ1n) is 9.79. The molecular formula is C25H27FeNO3S. The van der Waals surface area contributed by atoms with Crippen LogP contribution in [0.1, 0.15) is 17.5 Å². The van der Waals surface area contributed by atoms with Gasteiger partial charge in [0.15, 0.2) is 12.4 Å². The Bertz CT molecular complexity index is 1010. The smallest absolute Gasteiger partial charge is 0.744 e. The fourth-order valence-electron chi connectivity index (χ4n) is 2.66. The molecule has 0 spiro atoms. The maximum absolute atomic E-state index is 10.4. The van der Waals surface area contributed by atoms with Crippen LogP contribution in [0.5, 0.6) is 0 Å². The number of pyridine rings is 1. The Labute approximate surface area is 196 Å². The van der Waals surface area contributed by atoms with E-state index in [1.165, 1.54) is 30.5 Å². The third-order valence-corrected chi connectivity index (χ3v) is 5.11. The van der Waals surface area contributed by atoms with Gasteiger partial charge in [-0.1, -0.05) is 23.8 Å². The number of aromatic nitrogens is 1. The molecule has 0 unspecified atom stereocenters. The summed E-state index contributed by atoms with van der Waals surface area (Å²) in [6.07, 6.45) is 6.61. The van der Waals surface area contributed by atoms with Gasteiger partial charge in [0.25, 0.3) is 0 Å². The molecule has 0 saturated carbocycles. The van der Waals surface area contributed by atoms with E-state index in [0.717, 1.165) is 12.1 Å². The molecule has 3 aromatic carbocycles. The summed E-state index contributed by atoms with van der Waals surface area (Å²) in [7, 11) is -4.27. The summed E-state index contributed by atoms with van der Waals surface area (Å²) >= 11 is 0. The van der Waals surface area contributed by atoms with E-state index in [9.17, 15) is 13.0 Å². The van der Waals surface area contributed by atoms with Crippen molar-refractivity contribution in [3.63, 3.8) is 0 Å². The molecule has 0 saturated heterocycles. The molecule has 31 heavy (non-hydrogen) atoms. The van der Waals surface area contributed by atoms with Crippen LogP contribution in [0.2, 0.25) is 0 Å². The second kappa shape index (κ2) is 14.5. The summed E-state index contributed by atoms with van der Waals surface area (Å²) in [6.45, 7) is 2.92. The first-order chi connectivity index (χ1) is 14.4. The van der Waals surface area contributed by atoms with Gasteiger partial charge < -0.3 is 4.55 Å². The molecule has 1 aromatic heterocycles. The molecule has 4 rings (SSSR count). The Balaban J connectivity index is 0.000000252. The minimum absolute atomic E-state index is 0. The Hall–Kier alpha value is -2.50. The van der Waals surface area contributed by atoms with Crippen LogP contribution in [0.4, 0.5) is 0 Å². The molecule has 164 valence electrons. The van der Waals surface area contributed by atoms with Gasteiger partial charge in [-0.05, 0) is 25.5 Å².